The van der Waals surface area contributed by atoms with Crippen LogP contribution in [-0.2, 0) is 12.6 Å². The zero-order valence-electron chi connectivity index (χ0n) is 14.0. The van der Waals surface area contributed by atoms with Gasteiger partial charge in [-0.1, -0.05) is 23.7 Å². The van der Waals surface area contributed by atoms with Crippen molar-refractivity contribution in [3.8, 4) is 5.75 Å². The molecule has 0 aliphatic rings. The van der Waals surface area contributed by atoms with Crippen LogP contribution in [0, 0.1) is 5.82 Å². The van der Waals surface area contributed by atoms with E-state index in [1.807, 2.05) is 0 Å². The Morgan fingerprint density at radius 3 is 2.46 bits per heavy atom. The van der Waals surface area contributed by atoms with Crippen molar-refractivity contribution in [3.05, 3.63) is 86.7 Å². The number of alkyl halides is 3. The third-order valence-electron chi connectivity index (χ3n) is 3.86. The van der Waals surface area contributed by atoms with Crippen molar-refractivity contribution in [3.63, 3.8) is 0 Å². The second-order valence-corrected chi connectivity index (χ2v) is 6.23. The van der Waals surface area contributed by atoms with Gasteiger partial charge in [-0.05, 0) is 29.8 Å². The fourth-order valence-electron chi connectivity index (χ4n) is 2.42. The Labute approximate surface area is 160 Å². The highest BCUT2D eigenvalue weighted by Gasteiger charge is 2.31. The second-order valence-electron chi connectivity index (χ2n) is 5.82. The summed E-state index contributed by atoms with van der Waals surface area (Å²) >= 11 is 5.83. The molecule has 0 radical (unpaired) electrons. The van der Waals surface area contributed by atoms with Crippen LogP contribution in [0.4, 0.5) is 23.4 Å². The number of halogens is 5. The van der Waals surface area contributed by atoms with E-state index in [0.717, 1.165) is 4.68 Å². The summed E-state index contributed by atoms with van der Waals surface area (Å²) in [6.45, 7) is 0. The molecule has 0 atom stereocenters. The first-order chi connectivity index (χ1) is 13.1. The van der Waals surface area contributed by atoms with E-state index in [-0.39, 0.29) is 28.6 Å². The summed E-state index contributed by atoms with van der Waals surface area (Å²) in [5.74, 6) is -0.892. The minimum Gasteiger partial charge on any atom is -0.507 e. The first kappa shape index (κ1) is 19.7. The molecule has 0 amide bonds. The van der Waals surface area contributed by atoms with Crippen LogP contribution in [0.1, 0.15) is 16.7 Å². The molecule has 3 rings (SSSR count). The van der Waals surface area contributed by atoms with Crippen molar-refractivity contribution in [2.75, 3.05) is 5.43 Å². The van der Waals surface area contributed by atoms with Crippen LogP contribution >= 0.6 is 11.6 Å². The van der Waals surface area contributed by atoms with Gasteiger partial charge in [0.15, 0.2) is 5.82 Å². The number of rotatable bonds is 4. The summed E-state index contributed by atoms with van der Waals surface area (Å²) in [5.41, 5.74) is 1.40. The van der Waals surface area contributed by atoms with E-state index in [1.54, 1.807) is 0 Å². The summed E-state index contributed by atoms with van der Waals surface area (Å²) in [5, 5.41) is 9.66. The summed E-state index contributed by atoms with van der Waals surface area (Å²) < 4.78 is 52.0. The molecule has 2 aromatic heterocycles. The molecule has 2 heterocycles. The van der Waals surface area contributed by atoms with Crippen LogP contribution in [-0.4, -0.2) is 14.8 Å². The molecule has 0 fully saturated rings. The van der Waals surface area contributed by atoms with E-state index in [0.29, 0.717) is 17.8 Å². The maximum Gasteiger partial charge on any atom is 0.417 e. The van der Waals surface area contributed by atoms with E-state index in [4.69, 9.17) is 11.6 Å². The van der Waals surface area contributed by atoms with Gasteiger partial charge in [0.25, 0.3) is 5.56 Å². The molecule has 28 heavy (non-hydrogen) atoms. The zero-order chi connectivity index (χ0) is 20.5. The van der Waals surface area contributed by atoms with E-state index in [2.05, 4.69) is 10.4 Å². The van der Waals surface area contributed by atoms with Gasteiger partial charge in [-0.3, -0.25) is 10.2 Å². The second kappa shape index (κ2) is 7.51. The number of nitrogens with one attached hydrogen (secondary N) is 1. The number of nitrogens with zero attached hydrogens (tertiary/aromatic N) is 2. The molecule has 10 heteroatoms. The Hall–Kier alpha value is -3.07. The van der Waals surface area contributed by atoms with Crippen LogP contribution in [0.15, 0.2) is 53.6 Å². The third-order valence-corrected chi connectivity index (χ3v) is 4.14. The minimum atomic E-state index is -4.60. The predicted octanol–water partition coefficient (Wildman–Crippen LogP) is 4.23. The lowest BCUT2D eigenvalue weighted by molar-refractivity contribution is -0.137. The van der Waals surface area contributed by atoms with Gasteiger partial charge in [-0.2, -0.15) is 13.2 Å². The number of hydrogen-bond donors (Lipinski definition) is 2. The normalized spacial score (nSPS) is 11.5. The lowest BCUT2D eigenvalue weighted by atomic mass is 10.1. The molecule has 0 spiro atoms. The predicted molar refractivity (Wildman–Crippen MR) is 94.8 cm³/mol. The maximum atomic E-state index is 13.0. The first-order valence-corrected chi connectivity index (χ1v) is 8.20. The van der Waals surface area contributed by atoms with E-state index in [1.165, 1.54) is 36.5 Å². The van der Waals surface area contributed by atoms with Crippen molar-refractivity contribution in [1.29, 1.82) is 0 Å². The topological polar surface area (TPSA) is 67.2 Å². The zero-order valence-corrected chi connectivity index (χ0v) is 14.7. The van der Waals surface area contributed by atoms with E-state index < -0.39 is 23.1 Å². The SMILES string of the molecule is O=c1c(Cc2ccc(F)cc2)c(O)ccn1Nc1ncc(C(F)(F)F)cc1Cl. The lowest BCUT2D eigenvalue weighted by Gasteiger charge is -2.14. The molecular weight excluding hydrogens is 402 g/mol. The van der Waals surface area contributed by atoms with Gasteiger partial charge < -0.3 is 5.11 Å². The average Bonchev–Trinajstić information content (AvgIpc) is 2.63. The van der Waals surface area contributed by atoms with Gasteiger partial charge in [-0.25, -0.2) is 14.1 Å². The Morgan fingerprint density at radius 1 is 1.18 bits per heavy atom. The van der Waals surface area contributed by atoms with E-state index >= 15 is 0 Å². The molecule has 0 unspecified atom stereocenters. The van der Waals surface area contributed by atoms with Crippen molar-refractivity contribution in [2.45, 2.75) is 12.6 Å². The highest BCUT2D eigenvalue weighted by atomic mass is 35.5. The van der Waals surface area contributed by atoms with Crippen molar-refractivity contribution in [2.24, 2.45) is 0 Å². The highest BCUT2D eigenvalue weighted by Crippen LogP contribution is 2.32. The molecule has 0 saturated heterocycles. The Bertz CT molecular complexity index is 1070. The van der Waals surface area contributed by atoms with Crippen LogP contribution in [0.25, 0.3) is 0 Å². The molecule has 0 aliphatic carbocycles. The van der Waals surface area contributed by atoms with Crippen molar-refractivity contribution in [1.82, 2.24) is 9.66 Å². The van der Waals surface area contributed by atoms with Gasteiger partial charge in [0.1, 0.15) is 11.6 Å². The maximum absolute atomic E-state index is 13.0. The molecule has 3 aromatic rings. The smallest absolute Gasteiger partial charge is 0.417 e. The number of pyridine rings is 2. The molecule has 0 aliphatic heterocycles. The summed E-state index contributed by atoms with van der Waals surface area (Å²) in [7, 11) is 0. The van der Waals surface area contributed by atoms with Crippen LogP contribution in [0.2, 0.25) is 5.02 Å². The van der Waals surface area contributed by atoms with Gasteiger partial charge in [-0.15, -0.1) is 0 Å². The van der Waals surface area contributed by atoms with Crippen LogP contribution in [0.5, 0.6) is 5.75 Å². The van der Waals surface area contributed by atoms with Crippen molar-refractivity contribution >= 4 is 17.4 Å². The lowest BCUT2D eigenvalue weighted by Crippen LogP contribution is -2.29. The quantitative estimate of drug-likeness (QED) is 0.628. The fraction of sp³-hybridized carbons (Fsp3) is 0.111. The van der Waals surface area contributed by atoms with Gasteiger partial charge in [0.05, 0.1) is 16.1 Å². The van der Waals surface area contributed by atoms with Crippen LogP contribution < -0.4 is 11.0 Å². The number of benzene rings is 1. The molecule has 0 bridgehead atoms. The minimum absolute atomic E-state index is 0.00430. The standard InChI is InChI=1S/C18H12ClF4N3O2/c19-14-8-11(18(21,22)23)9-24-16(14)25-26-6-5-15(27)13(17(26)28)7-10-1-3-12(20)4-2-10/h1-6,8-9,27H,7H2,(H,24,25). The monoisotopic (exact) mass is 413 g/mol. The Morgan fingerprint density at radius 2 is 1.86 bits per heavy atom. The molecule has 0 saturated carbocycles. The molecular formula is C18H12ClF4N3O2. The molecule has 146 valence electrons. The largest absolute Gasteiger partial charge is 0.507 e. The summed E-state index contributed by atoms with van der Waals surface area (Å²) in [6.07, 6.45) is -2.82. The molecule has 1 aromatic carbocycles. The Kier molecular flexibility index (Phi) is 5.28. The Balaban J connectivity index is 1.91. The average molecular weight is 414 g/mol. The highest BCUT2D eigenvalue weighted by molar-refractivity contribution is 6.32. The summed E-state index contributed by atoms with van der Waals surface area (Å²) in [4.78, 5) is 16.2. The summed E-state index contributed by atoms with van der Waals surface area (Å²) in [6, 6.07) is 7.28. The number of aromatic hydroxyl groups is 1. The number of hydrogen-bond acceptors (Lipinski definition) is 4. The number of anilines is 1. The van der Waals surface area contributed by atoms with E-state index in [9.17, 15) is 27.5 Å². The van der Waals surface area contributed by atoms with Gasteiger partial charge in [0, 0.05) is 18.8 Å². The fourth-order valence-corrected chi connectivity index (χ4v) is 2.63. The third kappa shape index (κ3) is 4.25. The molecule has 5 nitrogen and oxygen atoms in total. The van der Waals surface area contributed by atoms with Gasteiger partial charge >= 0.3 is 6.18 Å². The first-order valence-electron chi connectivity index (χ1n) is 7.83. The molecule has 2 N–H and O–H groups in total. The van der Waals surface area contributed by atoms with Gasteiger partial charge in [0.2, 0.25) is 0 Å². The van der Waals surface area contributed by atoms with Crippen LogP contribution in [0.3, 0.4) is 0 Å². The number of aromatic nitrogens is 2. The van der Waals surface area contributed by atoms with Crippen molar-refractivity contribution < 1.29 is 22.7 Å².